The number of ether oxygens (including phenoxy) is 1. The summed E-state index contributed by atoms with van der Waals surface area (Å²) in [6, 6.07) is 6.28. The second-order valence-electron chi connectivity index (χ2n) is 10.2. The van der Waals surface area contributed by atoms with E-state index in [1.165, 1.54) is 18.5 Å². The van der Waals surface area contributed by atoms with Gasteiger partial charge in [-0.1, -0.05) is 27.7 Å². The Labute approximate surface area is 190 Å². The maximum atomic E-state index is 13.3. The zero-order valence-corrected chi connectivity index (χ0v) is 20.1. The number of hydrogen-bond acceptors (Lipinski definition) is 5. The molecule has 1 saturated heterocycles. The van der Waals surface area contributed by atoms with Gasteiger partial charge in [-0.25, -0.2) is 14.4 Å². The van der Waals surface area contributed by atoms with E-state index in [0.717, 1.165) is 12.2 Å². The van der Waals surface area contributed by atoms with Gasteiger partial charge in [0, 0.05) is 38.2 Å². The van der Waals surface area contributed by atoms with E-state index in [1.807, 2.05) is 4.90 Å². The van der Waals surface area contributed by atoms with E-state index < -0.39 is 0 Å². The lowest BCUT2D eigenvalue weighted by Crippen LogP contribution is -2.54. The maximum absolute atomic E-state index is 13.3. The lowest BCUT2D eigenvalue weighted by atomic mass is 9.84. The lowest BCUT2D eigenvalue weighted by molar-refractivity contribution is -0.134. The van der Waals surface area contributed by atoms with Crippen molar-refractivity contribution in [1.82, 2.24) is 14.9 Å². The van der Waals surface area contributed by atoms with Crippen LogP contribution >= 0.6 is 0 Å². The van der Waals surface area contributed by atoms with Crippen LogP contribution in [0.1, 0.15) is 53.0 Å². The molecule has 0 radical (unpaired) electrons. The molecule has 0 aliphatic carbocycles. The van der Waals surface area contributed by atoms with Crippen molar-refractivity contribution in [3.8, 4) is 11.6 Å². The third-order valence-corrected chi connectivity index (χ3v) is 5.73. The number of hydrogen-bond donors (Lipinski definition) is 0. The number of aromatic nitrogens is 2. The number of aryl methyl sites for hydroxylation is 1. The van der Waals surface area contributed by atoms with Crippen LogP contribution in [0.25, 0.3) is 0 Å². The van der Waals surface area contributed by atoms with E-state index >= 15 is 0 Å². The third-order valence-electron chi connectivity index (χ3n) is 5.73. The van der Waals surface area contributed by atoms with Crippen molar-refractivity contribution in [1.29, 1.82) is 0 Å². The summed E-state index contributed by atoms with van der Waals surface area (Å²) in [6.07, 6.45) is 3.09. The first-order valence-corrected chi connectivity index (χ1v) is 11.3. The van der Waals surface area contributed by atoms with E-state index in [4.69, 9.17) is 4.74 Å². The van der Waals surface area contributed by atoms with Gasteiger partial charge >= 0.3 is 0 Å². The number of amides is 1. The van der Waals surface area contributed by atoms with Crippen LogP contribution < -0.4 is 9.64 Å². The Morgan fingerprint density at radius 3 is 2.66 bits per heavy atom. The number of halogens is 1. The molecule has 1 aliphatic rings. The Morgan fingerprint density at radius 2 is 2.00 bits per heavy atom. The number of anilines is 1. The van der Waals surface area contributed by atoms with Gasteiger partial charge in [0.25, 0.3) is 0 Å². The highest BCUT2D eigenvalue weighted by Crippen LogP contribution is 2.28. The smallest absolute Gasteiger partial charge is 0.224 e. The molecule has 1 aromatic heterocycles. The third kappa shape index (κ3) is 6.40. The minimum absolute atomic E-state index is 0.0942. The quantitative estimate of drug-likeness (QED) is 0.614. The van der Waals surface area contributed by atoms with Gasteiger partial charge in [-0.15, -0.1) is 0 Å². The van der Waals surface area contributed by atoms with Crippen LogP contribution in [0.4, 0.5) is 10.2 Å². The molecule has 0 spiro atoms. The number of nitrogens with zero attached hydrogens (tertiary/aromatic N) is 4. The molecule has 2 aromatic rings. The molecule has 2 atom stereocenters. The van der Waals surface area contributed by atoms with Crippen LogP contribution in [0.3, 0.4) is 0 Å². The van der Waals surface area contributed by atoms with E-state index in [2.05, 4.69) is 49.5 Å². The van der Waals surface area contributed by atoms with Crippen molar-refractivity contribution < 1.29 is 13.9 Å². The Morgan fingerprint density at radius 1 is 1.25 bits per heavy atom. The second kappa shape index (κ2) is 9.84. The van der Waals surface area contributed by atoms with Gasteiger partial charge in [-0.2, -0.15) is 0 Å². The van der Waals surface area contributed by atoms with Gasteiger partial charge in [0.15, 0.2) is 0 Å². The SMILES string of the molecule is Cc1cc(F)ccc1Oc1cc(N2CCN(C(=O)C[C@@H](C)CC(C)(C)C)[C@@H](C)C2)ncn1. The molecule has 2 heterocycles. The zero-order chi connectivity index (χ0) is 23.5. The number of carbonyl (C=O) groups is 1. The summed E-state index contributed by atoms with van der Waals surface area (Å²) in [5.41, 5.74) is 0.926. The molecule has 6 nitrogen and oxygen atoms in total. The van der Waals surface area contributed by atoms with Crippen LogP contribution in [-0.4, -0.2) is 46.5 Å². The fourth-order valence-corrected chi connectivity index (χ4v) is 4.47. The van der Waals surface area contributed by atoms with Crippen molar-refractivity contribution >= 4 is 11.7 Å². The minimum atomic E-state index is -0.299. The van der Waals surface area contributed by atoms with Gasteiger partial charge in [-0.3, -0.25) is 4.79 Å². The molecular weight excluding hydrogens is 407 g/mol. The van der Waals surface area contributed by atoms with Gasteiger partial charge in [-0.05, 0) is 55.4 Å². The molecule has 0 bridgehead atoms. The molecule has 174 valence electrons. The topological polar surface area (TPSA) is 58.6 Å². The highest BCUT2D eigenvalue weighted by molar-refractivity contribution is 5.77. The van der Waals surface area contributed by atoms with Crippen LogP contribution in [0.15, 0.2) is 30.6 Å². The van der Waals surface area contributed by atoms with Gasteiger partial charge in [0.05, 0.1) is 0 Å². The van der Waals surface area contributed by atoms with E-state index in [9.17, 15) is 9.18 Å². The van der Waals surface area contributed by atoms with Crippen LogP contribution in [0.2, 0.25) is 0 Å². The maximum Gasteiger partial charge on any atom is 0.224 e. The Hall–Kier alpha value is -2.70. The van der Waals surface area contributed by atoms with Crippen molar-refractivity contribution in [2.75, 3.05) is 24.5 Å². The Kier molecular flexibility index (Phi) is 7.36. The van der Waals surface area contributed by atoms with Gasteiger partial charge in [0.2, 0.25) is 11.8 Å². The van der Waals surface area contributed by atoms with E-state index in [1.54, 1.807) is 19.1 Å². The zero-order valence-electron chi connectivity index (χ0n) is 20.1. The summed E-state index contributed by atoms with van der Waals surface area (Å²) in [4.78, 5) is 25.6. The average Bonchev–Trinajstić information content (AvgIpc) is 2.68. The van der Waals surface area contributed by atoms with Crippen molar-refractivity contribution in [3.05, 3.63) is 42.0 Å². The first-order chi connectivity index (χ1) is 15.0. The molecular formula is C25H35FN4O2. The molecule has 1 aliphatic heterocycles. The first-order valence-electron chi connectivity index (χ1n) is 11.3. The molecule has 0 N–H and O–H groups in total. The molecule has 0 unspecified atom stereocenters. The summed E-state index contributed by atoms with van der Waals surface area (Å²) >= 11 is 0. The standard InChI is InChI=1S/C25H35FN4O2/c1-17(14-25(4,5)6)11-24(31)30-10-9-29(15-19(30)3)22-13-23(28-16-27-22)32-21-8-7-20(26)12-18(21)2/h7-8,12-13,16-17,19H,9-11,14-15H2,1-6H3/t17-,19+/m1/s1. The molecule has 1 fully saturated rings. The molecule has 1 amide bonds. The Bertz CT molecular complexity index is 944. The molecule has 7 heteroatoms. The fraction of sp³-hybridized carbons (Fsp3) is 0.560. The van der Waals surface area contributed by atoms with E-state index in [0.29, 0.717) is 49.2 Å². The highest BCUT2D eigenvalue weighted by Gasteiger charge is 2.29. The van der Waals surface area contributed by atoms with Crippen LogP contribution in [0, 0.1) is 24.1 Å². The van der Waals surface area contributed by atoms with Crippen molar-refractivity contribution in [2.45, 2.75) is 60.4 Å². The predicted molar refractivity (Wildman–Crippen MR) is 124 cm³/mol. The first kappa shape index (κ1) is 24.0. The summed E-state index contributed by atoms with van der Waals surface area (Å²) < 4.78 is 19.2. The number of rotatable bonds is 6. The van der Waals surface area contributed by atoms with Gasteiger partial charge in [0.1, 0.15) is 23.7 Å². The summed E-state index contributed by atoms with van der Waals surface area (Å²) in [6.45, 7) is 14.8. The van der Waals surface area contributed by atoms with Crippen molar-refractivity contribution in [3.63, 3.8) is 0 Å². The number of benzene rings is 1. The molecule has 3 rings (SSSR count). The summed E-state index contributed by atoms with van der Waals surface area (Å²) in [5.74, 6) is 2.02. The molecule has 1 aromatic carbocycles. The van der Waals surface area contributed by atoms with E-state index in [-0.39, 0.29) is 23.2 Å². The average molecular weight is 443 g/mol. The minimum Gasteiger partial charge on any atom is -0.439 e. The summed E-state index contributed by atoms with van der Waals surface area (Å²) in [5, 5.41) is 0. The number of piperazine rings is 1. The monoisotopic (exact) mass is 442 g/mol. The molecule has 32 heavy (non-hydrogen) atoms. The largest absolute Gasteiger partial charge is 0.439 e. The Balaban J connectivity index is 1.61. The second-order valence-corrected chi connectivity index (χ2v) is 10.2. The number of carbonyl (C=O) groups excluding carboxylic acids is 1. The summed E-state index contributed by atoms with van der Waals surface area (Å²) in [7, 11) is 0. The molecule has 0 saturated carbocycles. The highest BCUT2D eigenvalue weighted by atomic mass is 19.1. The van der Waals surface area contributed by atoms with Gasteiger partial charge < -0.3 is 14.5 Å². The van der Waals surface area contributed by atoms with Crippen LogP contribution in [-0.2, 0) is 4.79 Å². The van der Waals surface area contributed by atoms with Crippen LogP contribution in [0.5, 0.6) is 11.6 Å². The normalized spacial score (nSPS) is 17.9. The fourth-order valence-electron chi connectivity index (χ4n) is 4.47. The predicted octanol–water partition coefficient (Wildman–Crippen LogP) is 5.22. The lowest BCUT2D eigenvalue weighted by Gasteiger charge is -2.41. The van der Waals surface area contributed by atoms with Crippen molar-refractivity contribution in [2.24, 2.45) is 11.3 Å².